The van der Waals surface area contributed by atoms with E-state index in [0.717, 1.165) is 29.2 Å². The van der Waals surface area contributed by atoms with Crippen LogP contribution in [-0.4, -0.2) is 37.9 Å². The minimum atomic E-state index is -1.05. The van der Waals surface area contributed by atoms with Gasteiger partial charge in [-0.05, 0) is 19.1 Å². The van der Waals surface area contributed by atoms with Gasteiger partial charge in [-0.1, -0.05) is 0 Å². The van der Waals surface area contributed by atoms with Crippen LogP contribution in [0.5, 0.6) is 11.5 Å². The maximum atomic E-state index is 15.0. The van der Waals surface area contributed by atoms with Gasteiger partial charge in [0.15, 0.2) is 28.8 Å². The fourth-order valence-electron chi connectivity index (χ4n) is 3.06. The van der Waals surface area contributed by atoms with Gasteiger partial charge in [-0.3, -0.25) is 5.10 Å². The second-order valence-corrected chi connectivity index (χ2v) is 6.70. The molecule has 0 fully saturated rings. The Kier molecular flexibility index (Phi) is 5.42. The molecule has 0 spiro atoms. The lowest BCUT2D eigenvalue weighted by atomic mass is 10.2. The third kappa shape index (κ3) is 4.12. The van der Waals surface area contributed by atoms with Gasteiger partial charge in [0, 0.05) is 18.2 Å². The summed E-state index contributed by atoms with van der Waals surface area (Å²) in [5, 5.41) is 16.8. The quantitative estimate of drug-likeness (QED) is 0.443. The highest BCUT2D eigenvalue weighted by molar-refractivity contribution is 5.88. The number of hydrogen-bond acceptors (Lipinski definition) is 6. The molecule has 2 aromatic heterocycles. The maximum absolute atomic E-state index is 15.0. The van der Waals surface area contributed by atoms with E-state index in [4.69, 9.17) is 4.74 Å². The molecule has 0 aliphatic carbocycles. The first-order valence-corrected chi connectivity index (χ1v) is 9.05. The normalized spacial score (nSPS) is 12.2. The van der Waals surface area contributed by atoms with E-state index in [0.29, 0.717) is 17.1 Å². The van der Waals surface area contributed by atoms with Gasteiger partial charge in [-0.2, -0.15) is 5.10 Å². The SMILES string of the molecule is CC(O)CN(c1c(F)cc(Oc2ccc(F)cc2F)cc1F)c1ncnc2[nH]ncc12. The van der Waals surface area contributed by atoms with Crippen molar-refractivity contribution in [1.82, 2.24) is 20.2 Å². The molecular formula is C20H15F4N5O2. The van der Waals surface area contributed by atoms with E-state index in [-0.39, 0.29) is 18.1 Å². The van der Waals surface area contributed by atoms with Crippen molar-refractivity contribution in [1.29, 1.82) is 0 Å². The monoisotopic (exact) mass is 433 g/mol. The summed E-state index contributed by atoms with van der Waals surface area (Å²) in [6.45, 7) is 1.25. The number of fused-ring (bicyclic) bond motifs is 1. The molecule has 31 heavy (non-hydrogen) atoms. The lowest BCUT2D eigenvalue weighted by Crippen LogP contribution is -2.29. The predicted molar refractivity (Wildman–Crippen MR) is 103 cm³/mol. The minimum Gasteiger partial charge on any atom is -0.454 e. The smallest absolute Gasteiger partial charge is 0.168 e. The average Bonchev–Trinajstić information content (AvgIpc) is 3.17. The number of hydrogen-bond donors (Lipinski definition) is 2. The lowest BCUT2D eigenvalue weighted by Gasteiger charge is -2.26. The Morgan fingerprint density at radius 2 is 1.81 bits per heavy atom. The molecule has 0 amide bonds. The number of benzene rings is 2. The second-order valence-electron chi connectivity index (χ2n) is 6.70. The molecule has 160 valence electrons. The molecule has 4 aromatic rings. The number of ether oxygens (including phenoxy) is 1. The number of aromatic nitrogens is 4. The molecule has 7 nitrogen and oxygen atoms in total. The Morgan fingerprint density at radius 1 is 1.06 bits per heavy atom. The fourth-order valence-corrected chi connectivity index (χ4v) is 3.06. The van der Waals surface area contributed by atoms with Crippen molar-refractivity contribution in [2.75, 3.05) is 11.4 Å². The van der Waals surface area contributed by atoms with E-state index in [1.54, 1.807) is 0 Å². The fraction of sp³-hybridized carbons (Fsp3) is 0.150. The first kappa shape index (κ1) is 20.5. The van der Waals surface area contributed by atoms with Gasteiger partial charge in [0.25, 0.3) is 0 Å². The second kappa shape index (κ2) is 8.19. The van der Waals surface area contributed by atoms with Crippen LogP contribution in [0.25, 0.3) is 11.0 Å². The van der Waals surface area contributed by atoms with Crippen molar-refractivity contribution in [3.8, 4) is 11.5 Å². The molecule has 0 radical (unpaired) electrons. The van der Waals surface area contributed by atoms with Crippen molar-refractivity contribution in [3.63, 3.8) is 0 Å². The number of aromatic amines is 1. The van der Waals surface area contributed by atoms with Gasteiger partial charge < -0.3 is 14.7 Å². The number of H-pyrrole nitrogens is 1. The maximum Gasteiger partial charge on any atom is 0.168 e. The van der Waals surface area contributed by atoms with Crippen molar-refractivity contribution in [2.45, 2.75) is 13.0 Å². The highest BCUT2D eigenvalue weighted by Crippen LogP contribution is 2.36. The lowest BCUT2D eigenvalue weighted by molar-refractivity contribution is 0.202. The number of rotatable bonds is 6. The van der Waals surface area contributed by atoms with E-state index in [1.165, 1.54) is 19.4 Å². The molecule has 11 heteroatoms. The highest BCUT2D eigenvalue weighted by atomic mass is 19.1. The summed E-state index contributed by atoms with van der Waals surface area (Å²) >= 11 is 0. The largest absolute Gasteiger partial charge is 0.454 e. The first-order chi connectivity index (χ1) is 14.8. The molecule has 2 heterocycles. The van der Waals surface area contributed by atoms with Crippen LogP contribution < -0.4 is 9.64 Å². The molecule has 2 aromatic carbocycles. The van der Waals surface area contributed by atoms with Crippen molar-refractivity contribution in [3.05, 3.63) is 66.1 Å². The number of nitrogens with one attached hydrogen (secondary N) is 1. The molecule has 0 saturated heterocycles. The molecule has 0 aliphatic rings. The molecule has 1 unspecified atom stereocenters. The summed E-state index contributed by atoms with van der Waals surface area (Å²) in [4.78, 5) is 9.23. The van der Waals surface area contributed by atoms with Crippen LogP contribution in [-0.2, 0) is 0 Å². The third-order valence-electron chi connectivity index (χ3n) is 4.31. The van der Waals surface area contributed by atoms with Crippen LogP contribution in [0.3, 0.4) is 0 Å². The van der Waals surface area contributed by atoms with E-state index in [9.17, 15) is 13.9 Å². The van der Waals surface area contributed by atoms with E-state index in [1.807, 2.05) is 0 Å². The Balaban J connectivity index is 1.76. The molecular weight excluding hydrogens is 418 g/mol. The van der Waals surface area contributed by atoms with Gasteiger partial charge in [-0.15, -0.1) is 0 Å². The molecule has 0 aliphatic heterocycles. The van der Waals surface area contributed by atoms with Gasteiger partial charge in [0.1, 0.15) is 29.4 Å². The van der Waals surface area contributed by atoms with E-state index < -0.39 is 40.8 Å². The average molecular weight is 433 g/mol. The molecule has 2 N–H and O–H groups in total. The Bertz CT molecular complexity index is 1220. The zero-order chi connectivity index (χ0) is 22.1. The van der Waals surface area contributed by atoms with Crippen molar-refractivity contribution >= 4 is 22.5 Å². The van der Waals surface area contributed by atoms with Crippen LogP contribution in [0.15, 0.2) is 42.9 Å². The molecule has 1 atom stereocenters. The van der Waals surface area contributed by atoms with Gasteiger partial charge in [-0.25, -0.2) is 27.5 Å². The standard InChI is InChI=1S/C20H15F4N5O2/c1-10(30)8-29(20-13-7-27-28-19(13)25-9-26-20)18-15(23)5-12(6-16(18)24)31-17-3-2-11(21)4-14(17)22/h2-7,9-10,30H,8H2,1H3,(H,25,26,27,28). The predicted octanol–water partition coefficient (Wildman–Crippen LogP) is 4.22. The summed E-state index contributed by atoms with van der Waals surface area (Å²) in [5.74, 6) is -4.55. The number of halogens is 4. The molecule has 0 bridgehead atoms. The molecule has 4 rings (SSSR count). The van der Waals surface area contributed by atoms with Crippen molar-refractivity contribution < 1.29 is 27.4 Å². The van der Waals surface area contributed by atoms with E-state index in [2.05, 4.69) is 20.2 Å². The number of anilines is 2. The van der Waals surface area contributed by atoms with Gasteiger partial charge >= 0.3 is 0 Å². The van der Waals surface area contributed by atoms with Crippen LogP contribution in [0.4, 0.5) is 29.1 Å². The molecule has 0 saturated carbocycles. The van der Waals surface area contributed by atoms with Gasteiger partial charge in [0.05, 0.1) is 24.2 Å². The van der Waals surface area contributed by atoms with Crippen LogP contribution in [0.1, 0.15) is 6.92 Å². The van der Waals surface area contributed by atoms with E-state index >= 15 is 8.78 Å². The van der Waals surface area contributed by atoms with Gasteiger partial charge in [0.2, 0.25) is 0 Å². The first-order valence-electron chi connectivity index (χ1n) is 9.05. The summed E-state index contributed by atoms with van der Waals surface area (Å²) in [6.07, 6.45) is 1.61. The topological polar surface area (TPSA) is 87.2 Å². The zero-order valence-corrected chi connectivity index (χ0v) is 16.0. The number of aliphatic hydroxyl groups is 1. The minimum absolute atomic E-state index is 0.121. The Hall–Kier alpha value is -3.73. The van der Waals surface area contributed by atoms with Crippen molar-refractivity contribution in [2.24, 2.45) is 0 Å². The zero-order valence-electron chi connectivity index (χ0n) is 16.0. The number of aliphatic hydroxyl groups excluding tert-OH is 1. The Morgan fingerprint density at radius 3 is 2.48 bits per heavy atom. The highest BCUT2D eigenvalue weighted by Gasteiger charge is 2.25. The summed E-state index contributed by atoms with van der Waals surface area (Å²) in [5.41, 5.74) is -0.165. The third-order valence-corrected chi connectivity index (χ3v) is 4.31. The summed E-state index contributed by atoms with van der Waals surface area (Å²) < 4.78 is 62.1. The summed E-state index contributed by atoms with van der Waals surface area (Å²) in [7, 11) is 0. The Labute approximate surface area is 172 Å². The number of nitrogens with zero attached hydrogens (tertiary/aromatic N) is 4. The van der Waals surface area contributed by atoms with Crippen LogP contribution in [0.2, 0.25) is 0 Å². The summed E-state index contributed by atoms with van der Waals surface area (Å²) in [6, 6.07) is 4.25. The van der Waals surface area contributed by atoms with Crippen LogP contribution >= 0.6 is 0 Å². The van der Waals surface area contributed by atoms with Crippen LogP contribution in [0, 0.1) is 23.3 Å².